The van der Waals surface area contributed by atoms with E-state index in [1.54, 1.807) is 19.1 Å². The molecule has 0 spiro atoms. The van der Waals surface area contributed by atoms with Crippen molar-refractivity contribution in [1.29, 1.82) is 0 Å². The van der Waals surface area contributed by atoms with Crippen LogP contribution >= 0.6 is 23.2 Å². The number of benzene rings is 1. The maximum Gasteiger partial charge on any atom is 0.327 e. The van der Waals surface area contributed by atoms with Gasteiger partial charge in [-0.15, -0.1) is 0 Å². The van der Waals surface area contributed by atoms with E-state index in [0.29, 0.717) is 5.82 Å². The molecule has 0 atom stereocenters. The minimum Gasteiger partial charge on any atom is -0.291 e. The van der Waals surface area contributed by atoms with Crippen molar-refractivity contribution < 1.29 is 9.59 Å². The molecule has 3 N–H and O–H groups in total. The molecule has 0 fully saturated rings. The zero-order valence-corrected chi connectivity index (χ0v) is 11.8. The third-order valence-corrected chi connectivity index (χ3v) is 2.99. The number of urea groups is 1. The molecule has 2 aromatic rings. The number of hydrogen-bond acceptors (Lipinski definition) is 3. The molecular weight excluding hydrogens is 303 g/mol. The number of carbonyl (C=O) groups is 2. The Balaban J connectivity index is 2.06. The first kappa shape index (κ1) is 14.4. The molecule has 0 unspecified atom stereocenters. The lowest BCUT2D eigenvalue weighted by molar-refractivity contribution is 0.0967. The summed E-state index contributed by atoms with van der Waals surface area (Å²) in [6, 6.07) is 5.52. The van der Waals surface area contributed by atoms with E-state index in [2.05, 4.69) is 20.8 Å². The van der Waals surface area contributed by atoms with Gasteiger partial charge in [-0.25, -0.2) is 4.79 Å². The first-order valence-corrected chi connectivity index (χ1v) is 6.31. The number of nitrogens with zero attached hydrogens (tertiary/aromatic N) is 1. The highest BCUT2D eigenvalue weighted by Crippen LogP contribution is 2.23. The van der Waals surface area contributed by atoms with Crippen molar-refractivity contribution >= 4 is 41.0 Å². The molecule has 6 nitrogen and oxygen atoms in total. The van der Waals surface area contributed by atoms with Gasteiger partial charge in [-0.05, 0) is 19.1 Å². The Morgan fingerprint density at radius 1 is 1.25 bits per heavy atom. The zero-order valence-electron chi connectivity index (χ0n) is 10.3. The summed E-state index contributed by atoms with van der Waals surface area (Å²) in [4.78, 5) is 23.6. The summed E-state index contributed by atoms with van der Waals surface area (Å²) in [6.07, 6.45) is 0. The third-order valence-electron chi connectivity index (χ3n) is 2.36. The Morgan fingerprint density at radius 3 is 2.45 bits per heavy atom. The van der Waals surface area contributed by atoms with Gasteiger partial charge < -0.3 is 0 Å². The van der Waals surface area contributed by atoms with Crippen LogP contribution in [0.2, 0.25) is 10.0 Å². The normalized spacial score (nSPS) is 10.2. The molecule has 0 aliphatic carbocycles. The lowest BCUT2D eigenvalue weighted by atomic mass is 10.2. The topological polar surface area (TPSA) is 86.9 Å². The molecule has 8 heteroatoms. The van der Waals surface area contributed by atoms with Gasteiger partial charge in [-0.1, -0.05) is 29.3 Å². The predicted molar refractivity (Wildman–Crippen MR) is 76.3 cm³/mol. The summed E-state index contributed by atoms with van der Waals surface area (Å²) in [5, 5.41) is 11.3. The van der Waals surface area contributed by atoms with E-state index in [9.17, 15) is 9.59 Å². The van der Waals surface area contributed by atoms with Crippen LogP contribution in [0.1, 0.15) is 16.1 Å². The van der Waals surface area contributed by atoms with Crippen LogP contribution in [0.3, 0.4) is 0 Å². The van der Waals surface area contributed by atoms with Crippen molar-refractivity contribution in [3.63, 3.8) is 0 Å². The number of aromatic nitrogens is 2. The van der Waals surface area contributed by atoms with E-state index >= 15 is 0 Å². The maximum atomic E-state index is 11.9. The minimum absolute atomic E-state index is 0.0455. The summed E-state index contributed by atoms with van der Waals surface area (Å²) >= 11 is 11.8. The lowest BCUT2D eigenvalue weighted by Gasteiger charge is -2.07. The van der Waals surface area contributed by atoms with Crippen LogP contribution in [0, 0.1) is 6.92 Å². The Bertz CT molecular complexity index is 649. The van der Waals surface area contributed by atoms with Gasteiger partial charge in [0.2, 0.25) is 0 Å². The quantitative estimate of drug-likeness (QED) is 0.796. The van der Waals surface area contributed by atoms with Crippen molar-refractivity contribution in [3.05, 3.63) is 45.6 Å². The van der Waals surface area contributed by atoms with Crippen LogP contribution in [-0.2, 0) is 0 Å². The van der Waals surface area contributed by atoms with E-state index < -0.39 is 11.9 Å². The van der Waals surface area contributed by atoms with Gasteiger partial charge in [0.15, 0.2) is 5.82 Å². The van der Waals surface area contributed by atoms with Crippen LogP contribution in [0.15, 0.2) is 24.3 Å². The number of imide groups is 1. The molecule has 0 saturated carbocycles. The van der Waals surface area contributed by atoms with Crippen molar-refractivity contribution in [3.8, 4) is 0 Å². The van der Waals surface area contributed by atoms with E-state index in [1.807, 2.05) is 0 Å². The average molecular weight is 313 g/mol. The average Bonchev–Trinajstić information content (AvgIpc) is 2.74. The standard InChI is InChI=1S/C12H10Cl2N4O2/c1-6-5-9(18-17-6)15-12(20)16-11(19)10-7(13)3-2-4-8(10)14/h2-5H,1H3,(H3,15,16,17,18,19,20). The number of carbonyl (C=O) groups excluding carboxylic acids is 2. The molecule has 0 aliphatic heterocycles. The molecule has 1 heterocycles. The molecule has 3 amide bonds. The van der Waals surface area contributed by atoms with Crippen LogP contribution in [-0.4, -0.2) is 22.1 Å². The number of rotatable bonds is 2. The van der Waals surface area contributed by atoms with E-state index in [1.165, 1.54) is 12.1 Å². The second-order valence-corrected chi connectivity index (χ2v) is 4.76. The number of aromatic amines is 1. The van der Waals surface area contributed by atoms with Gasteiger partial charge in [-0.3, -0.25) is 20.5 Å². The largest absolute Gasteiger partial charge is 0.327 e. The molecule has 0 saturated heterocycles. The number of aryl methyl sites for hydroxylation is 1. The Hall–Kier alpha value is -2.05. The van der Waals surface area contributed by atoms with Crippen LogP contribution in [0.5, 0.6) is 0 Å². The molecule has 104 valence electrons. The highest BCUT2D eigenvalue weighted by Gasteiger charge is 2.17. The van der Waals surface area contributed by atoms with Gasteiger partial charge in [-0.2, -0.15) is 5.10 Å². The highest BCUT2D eigenvalue weighted by atomic mass is 35.5. The van der Waals surface area contributed by atoms with Crippen molar-refractivity contribution in [2.75, 3.05) is 5.32 Å². The first-order valence-electron chi connectivity index (χ1n) is 5.55. The number of halogens is 2. The summed E-state index contributed by atoms with van der Waals surface area (Å²) in [5.74, 6) is -0.386. The molecule has 0 aliphatic rings. The highest BCUT2D eigenvalue weighted by molar-refractivity contribution is 6.40. The van der Waals surface area contributed by atoms with Crippen LogP contribution in [0.25, 0.3) is 0 Å². The molecule has 2 rings (SSSR count). The molecular formula is C12H10Cl2N4O2. The molecule has 20 heavy (non-hydrogen) atoms. The second-order valence-electron chi connectivity index (χ2n) is 3.94. The maximum absolute atomic E-state index is 11.9. The summed E-state index contributed by atoms with van der Waals surface area (Å²) in [5.41, 5.74) is 0.824. The fourth-order valence-electron chi connectivity index (χ4n) is 1.51. The lowest BCUT2D eigenvalue weighted by Crippen LogP contribution is -2.34. The molecule has 0 bridgehead atoms. The molecule has 1 aromatic heterocycles. The zero-order chi connectivity index (χ0) is 14.7. The van der Waals surface area contributed by atoms with Gasteiger partial charge in [0, 0.05) is 11.8 Å². The molecule has 1 aromatic carbocycles. The number of H-pyrrole nitrogens is 1. The fourth-order valence-corrected chi connectivity index (χ4v) is 2.08. The summed E-state index contributed by atoms with van der Waals surface area (Å²) in [7, 11) is 0. The number of anilines is 1. The number of amides is 3. The monoisotopic (exact) mass is 312 g/mol. The van der Waals surface area contributed by atoms with Gasteiger partial charge >= 0.3 is 6.03 Å². The third kappa shape index (κ3) is 3.28. The van der Waals surface area contributed by atoms with Crippen LogP contribution < -0.4 is 10.6 Å². The SMILES string of the molecule is Cc1cc(NC(=O)NC(=O)c2c(Cl)cccc2Cl)n[nH]1. The Morgan fingerprint density at radius 2 is 1.90 bits per heavy atom. The van der Waals surface area contributed by atoms with Gasteiger partial charge in [0.1, 0.15) is 0 Å². The van der Waals surface area contributed by atoms with Crippen molar-refractivity contribution in [1.82, 2.24) is 15.5 Å². The second kappa shape index (κ2) is 5.94. The number of nitrogens with one attached hydrogen (secondary N) is 3. The molecule has 0 radical (unpaired) electrons. The minimum atomic E-state index is -0.725. The Labute approximate surface area is 124 Å². The smallest absolute Gasteiger partial charge is 0.291 e. The van der Waals surface area contributed by atoms with E-state index in [0.717, 1.165) is 5.69 Å². The first-order chi connectivity index (χ1) is 9.47. The van der Waals surface area contributed by atoms with Gasteiger partial charge in [0.05, 0.1) is 15.6 Å². The van der Waals surface area contributed by atoms with E-state index in [4.69, 9.17) is 23.2 Å². The predicted octanol–water partition coefficient (Wildman–Crippen LogP) is 2.99. The van der Waals surface area contributed by atoms with Crippen LogP contribution in [0.4, 0.5) is 10.6 Å². The van der Waals surface area contributed by atoms with Gasteiger partial charge in [0.25, 0.3) is 5.91 Å². The van der Waals surface area contributed by atoms with E-state index in [-0.39, 0.29) is 15.6 Å². The Kier molecular flexibility index (Phi) is 4.26. The fraction of sp³-hybridized carbons (Fsp3) is 0.0833. The van der Waals surface area contributed by atoms with Crippen molar-refractivity contribution in [2.45, 2.75) is 6.92 Å². The summed E-state index contributed by atoms with van der Waals surface area (Å²) < 4.78 is 0. The number of hydrogen-bond donors (Lipinski definition) is 3. The van der Waals surface area contributed by atoms with Crippen molar-refractivity contribution in [2.24, 2.45) is 0 Å². The summed E-state index contributed by atoms with van der Waals surface area (Å²) in [6.45, 7) is 1.78.